The summed E-state index contributed by atoms with van der Waals surface area (Å²) in [5.74, 6) is -0.136. The fourth-order valence-corrected chi connectivity index (χ4v) is 1.97. The van der Waals surface area contributed by atoms with Crippen molar-refractivity contribution in [1.82, 2.24) is 0 Å². The molecule has 0 unspecified atom stereocenters. The van der Waals surface area contributed by atoms with Gasteiger partial charge in [-0.1, -0.05) is 41.9 Å². The molecule has 4 heteroatoms. The van der Waals surface area contributed by atoms with Gasteiger partial charge in [0, 0.05) is 10.7 Å². The second-order valence-corrected chi connectivity index (χ2v) is 4.58. The van der Waals surface area contributed by atoms with Crippen LogP contribution < -0.4 is 5.32 Å². The van der Waals surface area contributed by atoms with Gasteiger partial charge in [-0.3, -0.25) is 4.79 Å². The van der Waals surface area contributed by atoms with Crippen LogP contribution in [0.4, 0.5) is 5.69 Å². The van der Waals surface area contributed by atoms with E-state index in [1.54, 1.807) is 30.3 Å². The van der Waals surface area contributed by atoms with Crippen molar-refractivity contribution in [3.8, 4) is 0 Å². The number of carbonyl (C=O) groups excluding carboxylic acids is 1. The van der Waals surface area contributed by atoms with Crippen LogP contribution in [-0.2, 0) is 17.8 Å². The molecule has 0 radical (unpaired) electrons. The number of aliphatic hydroxyl groups is 1. The quantitative estimate of drug-likeness (QED) is 0.901. The molecule has 1 amide bonds. The Morgan fingerprint density at radius 1 is 1.16 bits per heavy atom. The van der Waals surface area contributed by atoms with E-state index in [1.807, 2.05) is 18.2 Å². The molecule has 0 aromatic heterocycles. The standard InChI is InChI=1S/C15H14ClNO2/c16-14-7-2-1-5-12(14)9-15(19)17-13-6-3-4-11(8-13)10-18/h1-8,18H,9-10H2,(H,17,19). The summed E-state index contributed by atoms with van der Waals surface area (Å²) in [7, 11) is 0. The molecule has 0 spiro atoms. The van der Waals surface area contributed by atoms with E-state index < -0.39 is 0 Å². The molecule has 0 bridgehead atoms. The molecule has 0 saturated heterocycles. The van der Waals surface area contributed by atoms with Crippen LogP contribution in [0.1, 0.15) is 11.1 Å². The highest BCUT2D eigenvalue weighted by Crippen LogP contribution is 2.16. The third-order valence-corrected chi connectivity index (χ3v) is 3.07. The molecular weight excluding hydrogens is 262 g/mol. The van der Waals surface area contributed by atoms with Crippen LogP contribution in [0, 0.1) is 0 Å². The summed E-state index contributed by atoms with van der Waals surface area (Å²) in [6, 6.07) is 14.4. The number of carbonyl (C=O) groups is 1. The molecule has 2 aromatic carbocycles. The Morgan fingerprint density at radius 2 is 1.95 bits per heavy atom. The summed E-state index contributed by atoms with van der Waals surface area (Å²) < 4.78 is 0. The largest absolute Gasteiger partial charge is 0.392 e. The Kier molecular flexibility index (Phi) is 4.55. The highest BCUT2D eigenvalue weighted by Gasteiger charge is 2.07. The molecule has 0 aliphatic carbocycles. The van der Waals surface area contributed by atoms with Gasteiger partial charge in [0.25, 0.3) is 0 Å². The van der Waals surface area contributed by atoms with Gasteiger partial charge in [-0.05, 0) is 29.3 Å². The van der Waals surface area contributed by atoms with E-state index in [-0.39, 0.29) is 18.9 Å². The van der Waals surface area contributed by atoms with Crippen molar-refractivity contribution >= 4 is 23.2 Å². The Hall–Kier alpha value is -1.84. The predicted octanol–water partition coefficient (Wildman–Crippen LogP) is 3.01. The van der Waals surface area contributed by atoms with Crippen LogP contribution in [0.2, 0.25) is 5.02 Å². The first-order valence-corrected chi connectivity index (χ1v) is 6.30. The molecule has 98 valence electrons. The number of hydrogen-bond donors (Lipinski definition) is 2. The van der Waals surface area contributed by atoms with Crippen LogP contribution in [0.5, 0.6) is 0 Å². The maximum atomic E-state index is 11.9. The van der Waals surface area contributed by atoms with Crippen LogP contribution >= 0.6 is 11.6 Å². The molecule has 0 aliphatic rings. The smallest absolute Gasteiger partial charge is 0.228 e. The third kappa shape index (κ3) is 3.81. The summed E-state index contributed by atoms with van der Waals surface area (Å²) in [6.07, 6.45) is 0.225. The molecular formula is C15H14ClNO2. The lowest BCUT2D eigenvalue weighted by molar-refractivity contribution is -0.115. The van der Waals surface area contributed by atoms with Crippen molar-refractivity contribution in [3.63, 3.8) is 0 Å². The van der Waals surface area contributed by atoms with Gasteiger partial charge in [0.05, 0.1) is 13.0 Å². The van der Waals surface area contributed by atoms with Gasteiger partial charge in [-0.2, -0.15) is 0 Å². The highest BCUT2D eigenvalue weighted by atomic mass is 35.5. The van der Waals surface area contributed by atoms with E-state index in [2.05, 4.69) is 5.32 Å². The number of anilines is 1. The topological polar surface area (TPSA) is 49.3 Å². The first-order chi connectivity index (χ1) is 9.19. The van der Waals surface area contributed by atoms with Crippen molar-refractivity contribution in [2.75, 3.05) is 5.32 Å². The number of halogens is 1. The molecule has 0 aliphatic heterocycles. The van der Waals surface area contributed by atoms with Gasteiger partial charge < -0.3 is 10.4 Å². The summed E-state index contributed by atoms with van der Waals surface area (Å²) in [5, 5.41) is 12.4. The average Bonchev–Trinajstić information content (AvgIpc) is 2.41. The lowest BCUT2D eigenvalue weighted by Crippen LogP contribution is -2.14. The molecule has 19 heavy (non-hydrogen) atoms. The van der Waals surface area contributed by atoms with E-state index in [1.165, 1.54) is 0 Å². The number of hydrogen-bond acceptors (Lipinski definition) is 2. The lowest BCUT2D eigenvalue weighted by Gasteiger charge is -2.07. The Balaban J connectivity index is 2.03. The minimum absolute atomic E-state index is 0.0474. The average molecular weight is 276 g/mol. The molecule has 0 fully saturated rings. The zero-order valence-corrected chi connectivity index (χ0v) is 11.0. The van der Waals surface area contributed by atoms with Gasteiger partial charge in [0.2, 0.25) is 5.91 Å². The molecule has 2 rings (SSSR count). The number of aliphatic hydroxyl groups excluding tert-OH is 1. The molecule has 0 saturated carbocycles. The fourth-order valence-electron chi connectivity index (χ4n) is 1.77. The Labute approximate surface area is 116 Å². The zero-order chi connectivity index (χ0) is 13.7. The lowest BCUT2D eigenvalue weighted by atomic mass is 10.1. The number of rotatable bonds is 4. The molecule has 2 aromatic rings. The van der Waals surface area contributed by atoms with Crippen LogP contribution in [-0.4, -0.2) is 11.0 Å². The van der Waals surface area contributed by atoms with E-state index in [0.29, 0.717) is 10.7 Å². The maximum absolute atomic E-state index is 11.9. The summed E-state index contributed by atoms with van der Waals surface area (Å²) >= 11 is 6.01. The molecule has 3 nitrogen and oxygen atoms in total. The van der Waals surface area contributed by atoms with E-state index in [4.69, 9.17) is 16.7 Å². The van der Waals surface area contributed by atoms with Crippen LogP contribution in [0.3, 0.4) is 0 Å². The Morgan fingerprint density at radius 3 is 2.68 bits per heavy atom. The monoisotopic (exact) mass is 275 g/mol. The summed E-state index contributed by atoms with van der Waals surface area (Å²) in [4.78, 5) is 11.9. The SMILES string of the molecule is O=C(Cc1ccccc1Cl)Nc1cccc(CO)c1. The van der Waals surface area contributed by atoms with Gasteiger partial charge in [-0.25, -0.2) is 0 Å². The Bertz CT molecular complexity index is 584. The first-order valence-electron chi connectivity index (χ1n) is 5.92. The van der Waals surface area contributed by atoms with E-state index in [9.17, 15) is 4.79 Å². The second-order valence-electron chi connectivity index (χ2n) is 4.17. The molecule has 2 N–H and O–H groups in total. The van der Waals surface area contributed by atoms with Gasteiger partial charge in [0.15, 0.2) is 0 Å². The molecule has 0 heterocycles. The highest BCUT2D eigenvalue weighted by molar-refractivity contribution is 6.31. The first kappa shape index (κ1) is 13.6. The second kappa shape index (κ2) is 6.36. The minimum atomic E-state index is -0.136. The van der Waals surface area contributed by atoms with E-state index >= 15 is 0 Å². The van der Waals surface area contributed by atoms with Gasteiger partial charge in [0.1, 0.15) is 0 Å². The van der Waals surface area contributed by atoms with Gasteiger partial charge >= 0.3 is 0 Å². The van der Waals surface area contributed by atoms with Crippen molar-refractivity contribution in [3.05, 3.63) is 64.7 Å². The normalized spacial score (nSPS) is 10.2. The van der Waals surface area contributed by atoms with Crippen molar-refractivity contribution in [2.45, 2.75) is 13.0 Å². The van der Waals surface area contributed by atoms with Crippen molar-refractivity contribution in [2.24, 2.45) is 0 Å². The van der Waals surface area contributed by atoms with Gasteiger partial charge in [-0.15, -0.1) is 0 Å². The fraction of sp³-hybridized carbons (Fsp3) is 0.133. The van der Waals surface area contributed by atoms with Crippen LogP contribution in [0.15, 0.2) is 48.5 Å². The van der Waals surface area contributed by atoms with Crippen LogP contribution in [0.25, 0.3) is 0 Å². The van der Waals surface area contributed by atoms with E-state index in [0.717, 1.165) is 11.1 Å². The third-order valence-electron chi connectivity index (χ3n) is 2.70. The van der Waals surface area contributed by atoms with Crippen molar-refractivity contribution < 1.29 is 9.90 Å². The van der Waals surface area contributed by atoms with Crippen molar-refractivity contribution in [1.29, 1.82) is 0 Å². The number of amides is 1. The summed E-state index contributed by atoms with van der Waals surface area (Å²) in [6.45, 7) is -0.0474. The maximum Gasteiger partial charge on any atom is 0.228 e. The summed E-state index contributed by atoms with van der Waals surface area (Å²) in [5.41, 5.74) is 2.22. The number of nitrogens with one attached hydrogen (secondary N) is 1. The molecule has 0 atom stereocenters. The predicted molar refractivity (Wildman–Crippen MR) is 76.2 cm³/mol. The minimum Gasteiger partial charge on any atom is -0.392 e. The number of benzene rings is 2. The zero-order valence-electron chi connectivity index (χ0n) is 10.3.